The van der Waals surface area contributed by atoms with Gasteiger partial charge in [-0.1, -0.05) is 0 Å². The van der Waals surface area contributed by atoms with Gasteiger partial charge in [0.05, 0.1) is 59.0 Å². The van der Waals surface area contributed by atoms with Crippen LogP contribution >= 0.6 is 0 Å². The molecule has 0 N–H and O–H groups in total. The molecule has 1 aromatic rings. The maximum absolute atomic E-state index is 5.80. The van der Waals surface area contributed by atoms with Gasteiger partial charge in [-0.05, 0) is 24.3 Å². The van der Waals surface area contributed by atoms with Crippen molar-refractivity contribution in [2.75, 3.05) is 64.7 Å². The first kappa shape index (κ1) is 16.5. The predicted octanol–water partition coefficient (Wildman–Crippen LogP) is 1.33. The molecule has 6 nitrogen and oxygen atoms in total. The van der Waals surface area contributed by atoms with Gasteiger partial charge in [-0.2, -0.15) is 0 Å². The first-order valence-corrected chi connectivity index (χ1v) is 8.13. The van der Waals surface area contributed by atoms with E-state index in [0.717, 1.165) is 24.5 Å². The molecular formula is C17H25NO5. The second kappa shape index (κ2) is 8.49. The van der Waals surface area contributed by atoms with E-state index in [4.69, 9.17) is 23.7 Å². The maximum atomic E-state index is 5.80. The van der Waals surface area contributed by atoms with E-state index in [9.17, 15) is 0 Å². The molecule has 23 heavy (non-hydrogen) atoms. The van der Waals surface area contributed by atoms with Gasteiger partial charge in [-0.3, -0.25) is 0 Å². The summed E-state index contributed by atoms with van der Waals surface area (Å²) in [6.07, 6.45) is 0.158. The Morgan fingerprint density at radius 1 is 0.913 bits per heavy atom. The van der Waals surface area contributed by atoms with E-state index in [-0.39, 0.29) is 12.2 Å². The fraction of sp³-hybridized carbons (Fsp3) is 0.647. The van der Waals surface area contributed by atoms with Crippen LogP contribution in [0, 0.1) is 0 Å². The average Bonchev–Trinajstić information content (AvgIpc) is 2.63. The lowest BCUT2D eigenvalue weighted by molar-refractivity contribution is -0.0923. The number of nitrogens with zero attached hydrogens (tertiary/aromatic N) is 1. The van der Waals surface area contributed by atoms with Gasteiger partial charge in [-0.15, -0.1) is 0 Å². The Labute approximate surface area is 137 Å². The van der Waals surface area contributed by atoms with Crippen LogP contribution in [0.5, 0.6) is 5.75 Å². The molecule has 2 fully saturated rings. The summed E-state index contributed by atoms with van der Waals surface area (Å²) in [6, 6.07) is 8.07. The molecule has 0 aliphatic carbocycles. The zero-order valence-electron chi connectivity index (χ0n) is 13.6. The second-order valence-corrected chi connectivity index (χ2v) is 5.74. The van der Waals surface area contributed by atoms with Crippen LogP contribution in [-0.4, -0.2) is 72.0 Å². The minimum atomic E-state index is 0.0790. The highest BCUT2D eigenvalue weighted by Gasteiger charge is 2.23. The van der Waals surface area contributed by atoms with Crippen LogP contribution in [0.15, 0.2) is 24.3 Å². The monoisotopic (exact) mass is 323 g/mol. The highest BCUT2D eigenvalue weighted by molar-refractivity contribution is 5.49. The molecule has 0 bridgehead atoms. The zero-order chi connectivity index (χ0) is 15.9. The lowest BCUT2D eigenvalue weighted by Gasteiger charge is -2.34. The number of rotatable bonds is 6. The van der Waals surface area contributed by atoms with Gasteiger partial charge in [0.25, 0.3) is 0 Å². The van der Waals surface area contributed by atoms with Gasteiger partial charge in [0, 0.05) is 18.8 Å². The minimum absolute atomic E-state index is 0.0790. The first-order chi connectivity index (χ1) is 11.3. The Morgan fingerprint density at radius 3 is 1.91 bits per heavy atom. The van der Waals surface area contributed by atoms with Crippen LogP contribution in [0.25, 0.3) is 0 Å². The van der Waals surface area contributed by atoms with Crippen LogP contribution in [0.1, 0.15) is 0 Å². The van der Waals surface area contributed by atoms with Crippen molar-refractivity contribution in [3.8, 4) is 5.75 Å². The standard InChI is InChI=1S/C17H25NO5/c1-19-15-4-2-14(3-5-15)18(10-16-12-20-6-8-22-16)11-17-13-21-7-9-23-17/h2-5,16-17H,6-13H2,1H3. The van der Waals surface area contributed by atoms with Crippen molar-refractivity contribution in [2.24, 2.45) is 0 Å². The van der Waals surface area contributed by atoms with Crippen molar-refractivity contribution in [3.63, 3.8) is 0 Å². The lowest BCUT2D eigenvalue weighted by Crippen LogP contribution is -2.45. The van der Waals surface area contributed by atoms with Crippen LogP contribution in [0.3, 0.4) is 0 Å². The van der Waals surface area contributed by atoms with Crippen molar-refractivity contribution < 1.29 is 23.7 Å². The van der Waals surface area contributed by atoms with Gasteiger partial charge in [0.15, 0.2) is 0 Å². The minimum Gasteiger partial charge on any atom is -0.497 e. The fourth-order valence-electron chi connectivity index (χ4n) is 2.85. The van der Waals surface area contributed by atoms with Gasteiger partial charge in [0.2, 0.25) is 0 Å². The Morgan fingerprint density at radius 2 is 1.48 bits per heavy atom. The van der Waals surface area contributed by atoms with Crippen LogP contribution < -0.4 is 9.64 Å². The number of hydrogen-bond donors (Lipinski definition) is 0. The van der Waals surface area contributed by atoms with Crippen molar-refractivity contribution in [1.29, 1.82) is 0 Å². The van der Waals surface area contributed by atoms with Gasteiger partial charge in [-0.25, -0.2) is 0 Å². The topological polar surface area (TPSA) is 49.4 Å². The molecule has 2 atom stereocenters. The normalized spacial score (nSPS) is 25.1. The Hall–Kier alpha value is -1.34. The molecule has 128 valence electrons. The number of anilines is 1. The van der Waals surface area contributed by atoms with Crippen molar-refractivity contribution in [3.05, 3.63) is 24.3 Å². The molecule has 1 aromatic carbocycles. The summed E-state index contributed by atoms with van der Waals surface area (Å²) < 4.78 is 27.9. The highest BCUT2D eigenvalue weighted by atomic mass is 16.6. The van der Waals surface area contributed by atoms with Crippen LogP contribution in [-0.2, 0) is 18.9 Å². The van der Waals surface area contributed by atoms with E-state index in [2.05, 4.69) is 17.0 Å². The Bertz CT molecular complexity index is 435. The third kappa shape index (κ3) is 4.81. The fourth-order valence-corrected chi connectivity index (χ4v) is 2.85. The van der Waals surface area contributed by atoms with E-state index in [1.165, 1.54) is 0 Å². The molecule has 0 aromatic heterocycles. The molecule has 0 saturated carbocycles. The molecular weight excluding hydrogens is 298 g/mol. The third-order valence-corrected chi connectivity index (χ3v) is 4.06. The summed E-state index contributed by atoms with van der Waals surface area (Å²) in [5.41, 5.74) is 1.12. The molecule has 3 rings (SSSR count). The van der Waals surface area contributed by atoms with E-state index >= 15 is 0 Å². The summed E-state index contributed by atoms with van der Waals surface area (Å²) in [5, 5.41) is 0. The van der Waals surface area contributed by atoms with E-state index < -0.39 is 0 Å². The van der Waals surface area contributed by atoms with Gasteiger partial charge in [0.1, 0.15) is 5.75 Å². The molecule has 0 spiro atoms. The quantitative estimate of drug-likeness (QED) is 0.787. The number of methoxy groups -OCH3 is 1. The van der Waals surface area contributed by atoms with Crippen LogP contribution in [0.2, 0.25) is 0 Å². The molecule has 2 heterocycles. The molecule has 2 aliphatic rings. The maximum Gasteiger partial charge on any atom is 0.119 e. The number of hydrogen-bond acceptors (Lipinski definition) is 6. The number of ether oxygens (including phenoxy) is 5. The Kier molecular flexibility index (Phi) is 6.10. The molecule has 2 unspecified atom stereocenters. The Balaban J connectivity index is 1.67. The third-order valence-electron chi connectivity index (χ3n) is 4.06. The summed E-state index contributed by atoms with van der Waals surface area (Å²) in [5.74, 6) is 0.850. The van der Waals surface area contributed by atoms with E-state index in [1.807, 2.05) is 12.1 Å². The molecule has 2 aliphatic heterocycles. The summed E-state index contributed by atoms with van der Waals surface area (Å²) in [4.78, 5) is 2.28. The van der Waals surface area contributed by atoms with Gasteiger partial charge >= 0.3 is 0 Å². The average molecular weight is 323 g/mol. The van der Waals surface area contributed by atoms with Crippen molar-refractivity contribution >= 4 is 5.69 Å². The van der Waals surface area contributed by atoms with Gasteiger partial charge < -0.3 is 28.6 Å². The van der Waals surface area contributed by atoms with E-state index in [1.54, 1.807) is 7.11 Å². The predicted molar refractivity (Wildman–Crippen MR) is 86.3 cm³/mol. The summed E-state index contributed by atoms with van der Waals surface area (Å²) in [7, 11) is 1.67. The smallest absolute Gasteiger partial charge is 0.119 e. The summed E-state index contributed by atoms with van der Waals surface area (Å²) in [6.45, 7) is 5.48. The number of benzene rings is 1. The summed E-state index contributed by atoms with van der Waals surface area (Å²) >= 11 is 0. The largest absolute Gasteiger partial charge is 0.497 e. The second-order valence-electron chi connectivity index (χ2n) is 5.74. The SMILES string of the molecule is COc1ccc(N(CC2COCCO2)CC2COCCO2)cc1. The first-order valence-electron chi connectivity index (χ1n) is 8.13. The van der Waals surface area contributed by atoms with E-state index in [0.29, 0.717) is 39.6 Å². The molecule has 6 heteroatoms. The van der Waals surface area contributed by atoms with Crippen molar-refractivity contribution in [2.45, 2.75) is 12.2 Å². The highest BCUT2D eigenvalue weighted by Crippen LogP contribution is 2.21. The molecule has 0 amide bonds. The van der Waals surface area contributed by atoms with Crippen LogP contribution in [0.4, 0.5) is 5.69 Å². The zero-order valence-corrected chi connectivity index (χ0v) is 13.6. The molecule has 2 saturated heterocycles. The molecule has 0 radical (unpaired) electrons. The van der Waals surface area contributed by atoms with Crippen molar-refractivity contribution in [1.82, 2.24) is 0 Å². The lowest BCUT2D eigenvalue weighted by atomic mass is 10.2.